The zero-order chi connectivity index (χ0) is 10.5. The molecule has 2 N–H and O–H groups in total. The first-order valence-corrected chi connectivity index (χ1v) is 5.29. The summed E-state index contributed by atoms with van der Waals surface area (Å²) in [6, 6.07) is 0. The van der Waals surface area contributed by atoms with Crippen LogP contribution in [0.25, 0.3) is 0 Å². The summed E-state index contributed by atoms with van der Waals surface area (Å²) in [5.41, 5.74) is 0. The van der Waals surface area contributed by atoms with Gasteiger partial charge >= 0.3 is 0 Å². The Labute approximate surface area is 112 Å². The number of halogens is 1. The Bertz CT molecular complexity index is 348. The summed E-state index contributed by atoms with van der Waals surface area (Å²) in [5, 5.41) is 14.3. The van der Waals surface area contributed by atoms with Crippen LogP contribution >= 0.6 is 24.0 Å². The molecule has 1 aliphatic heterocycles. The van der Waals surface area contributed by atoms with Crippen molar-refractivity contribution in [3.8, 4) is 0 Å². The Hall–Kier alpha value is -0.860. The Kier molecular flexibility index (Phi) is 5.50. The number of aryl methyl sites for hydroxylation is 1. The second-order valence-corrected chi connectivity index (χ2v) is 3.40. The van der Waals surface area contributed by atoms with Gasteiger partial charge in [-0.1, -0.05) is 0 Å². The van der Waals surface area contributed by atoms with E-state index < -0.39 is 0 Å². The van der Waals surface area contributed by atoms with Crippen LogP contribution in [0.3, 0.4) is 0 Å². The maximum atomic E-state index is 4.32. The number of guanidine groups is 1. The summed E-state index contributed by atoms with van der Waals surface area (Å²) in [7, 11) is 0. The lowest BCUT2D eigenvalue weighted by Crippen LogP contribution is -2.40. The molecule has 1 aromatic heterocycles. The van der Waals surface area contributed by atoms with Crippen LogP contribution in [0.1, 0.15) is 19.2 Å². The standard InChI is InChI=1S/C9H16N6.HI/c1-2-15-7-13-14-8(15)6-12-9-10-4-3-5-11-9;/h7H,2-6H2,1H3,(H2,10,11,12);1H. The molecule has 0 amide bonds. The molecule has 0 aliphatic carbocycles. The second kappa shape index (κ2) is 6.66. The number of hydrogen-bond acceptors (Lipinski definition) is 5. The molecule has 0 aromatic carbocycles. The molecule has 0 bridgehead atoms. The van der Waals surface area contributed by atoms with E-state index in [1.54, 1.807) is 6.33 Å². The molecular formula is C9H17IN6. The lowest BCUT2D eigenvalue weighted by molar-refractivity contribution is 0.653. The highest BCUT2D eigenvalue weighted by atomic mass is 127. The fourth-order valence-corrected chi connectivity index (χ4v) is 1.49. The molecule has 0 saturated carbocycles. The van der Waals surface area contributed by atoms with E-state index in [-0.39, 0.29) is 24.0 Å². The van der Waals surface area contributed by atoms with E-state index in [1.807, 2.05) is 4.57 Å². The van der Waals surface area contributed by atoms with Crippen LogP contribution in [0.5, 0.6) is 0 Å². The van der Waals surface area contributed by atoms with Crippen molar-refractivity contribution in [1.82, 2.24) is 25.4 Å². The van der Waals surface area contributed by atoms with Gasteiger partial charge in [0, 0.05) is 19.6 Å². The zero-order valence-corrected chi connectivity index (χ0v) is 11.6. The third kappa shape index (κ3) is 3.32. The van der Waals surface area contributed by atoms with E-state index in [4.69, 9.17) is 0 Å². The monoisotopic (exact) mass is 336 g/mol. The summed E-state index contributed by atoms with van der Waals surface area (Å²) in [6.45, 7) is 5.52. The number of nitrogens with one attached hydrogen (secondary N) is 2. The highest BCUT2D eigenvalue weighted by Crippen LogP contribution is 1.94. The van der Waals surface area contributed by atoms with Crippen molar-refractivity contribution in [3.63, 3.8) is 0 Å². The lowest BCUT2D eigenvalue weighted by Gasteiger charge is -2.15. The van der Waals surface area contributed by atoms with Crippen LogP contribution in [0.4, 0.5) is 0 Å². The molecule has 0 spiro atoms. The van der Waals surface area contributed by atoms with Gasteiger partial charge in [0.2, 0.25) is 0 Å². The smallest absolute Gasteiger partial charge is 0.191 e. The molecule has 0 saturated heterocycles. The summed E-state index contributed by atoms with van der Waals surface area (Å²) < 4.78 is 2.01. The highest BCUT2D eigenvalue weighted by Gasteiger charge is 2.06. The Morgan fingerprint density at radius 1 is 1.56 bits per heavy atom. The summed E-state index contributed by atoms with van der Waals surface area (Å²) >= 11 is 0. The molecule has 7 heteroatoms. The maximum absolute atomic E-state index is 4.32. The summed E-state index contributed by atoms with van der Waals surface area (Å²) in [5.74, 6) is 1.81. The SMILES string of the molecule is CCn1cnnc1CNC1=NCCCN1.I. The topological polar surface area (TPSA) is 67.1 Å². The van der Waals surface area contributed by atoms with Crippen molar-refractivity contribution in [2.45, 2.75) is 26.4 Å². The minimum absolute atomic E-state index is 0. The minimum atomic E-state index is 0. The third-order valence-corrected chi connectivity index (χ3v) is 2.35. The van der Waals surface area contributed by atoms with Gasteiger partial charge < -0.3 is 15.2 Å². The van der Waals surface area contributed by atoms with Gasteiger partial charge in [0.1, 0.15) is 6.33 Å². The van der Waals surface area contributed by atoms with Gasteiger partial charge in [-0.3, -0.25) is 4.99 Å². The summed E-state index contributed by atoms with van der Waals surface area (Å²) in [4.78, 5) is 4.32. The van der Waals surface area contributed by atoms with Crippen LogP contribution < -0.4 is 10.6 Å². The summed E-state index contributed by atoms with van der Waals surface area (Å²) in [6.07, 6.45) is 2.85. The third-order valence-electron chi connectivity index (χ3n) is 2.35. The van der Waals surface area contributed by atoms with Crippen LogP contribution in [0, 0.1) is 0 Å². The molecule has 16 heavy (non-hydrogen) atoms. The van der Waals surface area contributed by atoms with Crippen molar-refractivity contribution in [3.05, 3.63) is 12.2 Å². The van der Waals surface area contributed by atoms with E-state index in [0.29, 0.717) is 6.54 Å². The number of aliphatic imine (C=N–C) groups is 1. The van der Waals surface area contributed by atoms with Crippen LogP contribution in [0.2, 0.25) is 0 Å². The Morgan fingerprint density at radius 2 is 2.44 bits per heavy atom. The number of hydrogen-bond donors (Lipinski definition) is 2. The fourth-order valence-electron chi connectivity index (χ4n) is 1.49. The van der Waals surface area contributed by atoms with Crippen molar-refractivity contribution in [2.75, 3.05) is 13.1 Å². The number of rotatable bonds is 3. The predicted molar refractivity (Wildman–Crippen MR) is 72.9 cm³/mol. The van der Waals surface area contributed by atoms with Crippen LogP contribution in [-0.4, -0.2) is 33.8 Å². The first-order chi connectivity index (χ1) is 7.40. The highest BCUT2D eigenvalue weighted by molar-refractivity contribution is 14.0. The Morgan fingerprint density at radius 3 is 3.12 bits per heavy atom. The largest absolute Gasteiger partial charge is 0.356 e. The van der Waals surface area contributed by atoms with E-state index in [0.717, 1.165) is 37.8 Å². The van der Waals surface area contributed by atoms with E-state index >= 15 is 0 Å². The first-order valence-electron chi connectivity index (χ1n) is 5.29. The Balaban J connectivity index is 0.00000128. The first kappa shape index (κ1) is 13.2. The fraction of sp³-hybridized carbons (Fsp3) is 0.667. The van der Waals surface area contributed by atoms with E-state index in [1.165, 1.54) is 0 Å². The molecule has 90 valence electrons. The molecule has 1 aromatic rings. The van der Waals surface area contributed by atoms with Gasteiger partial charge in [0.15, 0.2) is 11.8 Å². The van der Waals surface area contributed by atoms with Gasteiger partial charge in [-0.05, 0) is 13.3 Å². The predicted octanol–water partition coefficient (Wildman–Crippen LogP) is 0.355. The van der Waals surface area contributed by atoms with Crippen LogP contribution in [0.15, 0.2) is 11.3 Å². The molecule has 6 nitrogen and oxygen atoms in total. The molecule has 0 unspecified atom stereocenters. The van der Waals surface area contributed by atoms with Crippen molar-refractivity contribution < 1.29 is 0 Å². The average molecular weight is 336 g/mol. The van der Waals surface area contributed by atoms with Crippen molar-refractivity contribution in [2.24, 2.45) is 4.99 Å². The molecule has 1 aliphatic rings. The molecule has 0 fully saturated rings. The van der Waals surface area contributed by atoms with Crippen molar-refractivity contribution in [1.29, 1.82) is 0 Å². The zero-order valence-electron chi connectivity index (χ0n) is 9.31. The van der Waals surface area contributed by atoms with E-state index in [2.05, 4.69) is 32.7 Å². The van der Waals surface area contributed by atoms with Gasteiger partial charge in [-0.15, -0.1) is 34.2 Å². The molecule has 0 radical (unpaired) electrons. The van der Waals surface area contributed by atoms with Crippen LogP contribution in [-0.2, 0) is 13.1 Å². The molecule has 0 atom stereocenters. The van der Waals surface area contributed by atoms with Gasteiger partial charge in [-0.25, -0.2) is 0 Å². The normalized spacial score (nSPS) is 14.7. The number of nitrogens with zero attached hydrogens (tertiary/aromatic N) is 4. The quantitative estimate of drug-likeness (QED) is 0.782. The lowest BCUT2D eigenvalue weighted by atomic mass is 10.4. The van der Waals surface area contributed by atoms with Gasteiger partial charge in [0.05, 0.1) is 6.54 Å². The van der Waals surface area contributed by atoms with Crippen molar-refractivity contribution >= 4 is 29.9 Å². The number of aromatic nitrogens is 3. The minimum Gasteiger partial charge on any atom is -0.356 e. The molecule has 2 rings (SSSR count). The van der Waals surface area contributed by atoms with Gasteiger partial charge in [0.25, 0.3) is 0 Å². The van der Waals surface area contributed by atoms with E-state index in [9.17, 15) is 0 Å². The second-order valence-electron chi connectivity index (χ2n) is 3.40. The van der Waals surface area contributed by atoms with Gasteiger partial charge in [-0.2, -0.15) is 0 Å². The average Bonchev–Trinajstić information content (AvgIpc) is 2.75. The maximum Gasteiger partial charge on any atom is 0.191 e. The molecule has 2 heterocycles. The molecular weight excluding hydrogens is 319 g/mol.